The van der Waals surface area contributed by atoms with Gasteiger partial charge < -0.3 is 5.73 Å². The molecule has 0 unspecified atom stereocenters. The van der Waals surface area contributed by atoms with Gasteiger partial charge in [-0.1, -0.05) is 24.3 Å². The van der Waals surface area contributed by atoms with Gasteiger partial charge in [0.2, 0.25) is 0 Å². The van der Waals surface area contributed by atoms with E-state index in [2.05, 4.69) is 28.1 Å². The van der Waals surface area contributed by atoms with E-state index in [9.17, 15) is 0 Å². The van der Waals surface area contributed by atoms with Gasteiger partial charge in [0, 0.05) is 30.9 Å². The molecule has 1 aliphatic heterocycles. The van der Waals surface area contributed by atoms with E-state index in [4.69, 9.17) is 11.0 Å². The Morgan fingerprint density at radius 2 is 2.05 bits per heavy atom. The first-order chi connectivity index (χ1) is 10.7. The summed E-state index contributed by atoms with van der Waals surface area (Å²) in [7, 11) is 0. The minimum atomic E-state index is 0.694. The van der Waals surface area contributed by atoms with Crippen molar-refractivity contribution >= 4 is 22.5 Å². The molecule has 0 radical (unpaired) electrons. The van der Waals surface area contributed by atoms with Gasteiger partial charge in [-0.25, -0.2) is 4.98 Å². The number of nitrogens with zero attached hydrogens (tertiary/aromatic N) is 3. The fraction of sp³-hybridized carbons (Fsp3) is 0.294. The molecule has 2 heterocycles. The van der Waals surface area contributed by atoms with E-state index in [0.717, 1.165) is 38.0 Å². The number of nitrogens with two attached hydrogens (primary N) is 1. The van der Waals surface area contributed by atoms with Gasteiger partial charge in [-0.05, 0) is 24.1 Å². The first-order valence-electron chi connectivity index (χ1n) is 7.38. The number of benzene rings is 1. The maximum Gasteiger partial charge on any atom is 0.180 e. The van der Waals surface area contributed by atoms with Crippen LogP contribution in [0.5, 0.6) is 0 Å². The number of thiazole rings is 1. The van der Waals surface area contributed by atoms with Crippen LogP contribution >= 0.6 is 11.3 Å². The molecule has 0 spiro atoms. The van der Waals surface area contributed by atoms with E-state index < -0.39 is 0 Å². The fourth-order valence-corrected chi connectivity index (χ4v) is 3.49. The number of nitriles is 1. The van der Waals surface area contributed by atoms with Crippen LogP contribution in [0.15, 0.2) is 30.3 Å². The van der Waals surface area contributed by atoms with Crippen LogP contribution in [0, 0.1) is 11.3 Å². The molecule has 2 aromatic rings. The van der Waals surface area contributed by atoms with E-state index in [0.29, 0.717) is 10.7 Å². The molecule has 5 heteroatoms. The molecular formula is C17H18N4S. The lowest BCUT2D eigenvalue weighted by Crippen LogP contribution is -2.26. The highest BCUT2D eigenvalue weighted by Crippen LogP contribution is 2.24. The van der Waals surface area contributed by atoms with Crippen molar-refractivity contribution in [3.05, 3.63) is 52.0 Å². The molecule has 0 fully saturated rings. The summed E-state index contributed by atoms with van der Waals surface area (Å²) in [6.07, 6.45) is 6.31. The zero-order chi connectivity index (χ0) is 15.4. The van der Waals surface area contributed by atoms with E-state index >= 15 is 0 Å². The summed E-state index contributed by atoms with van der Waals surface area (Å²) in [4.78, 5) is 8.19. The molecule has 3 rings (SSSR count). The first kappa shape index (κ1) is 14.8. The average Bonchev–Trinajstić information content (AvgIpc) is 2.80. The van der Waals surface area contributed by atoms with Crippen molar-refractivity contribution in [3.8, 4) is 6.07 Å². The van der Waals surface area contributed by atoms with Crippen molar-refractivity contribution in [2.45, 2.75) is 12.8 Å². The molecule has 4 nitrogen and oxygen atoms in total. The maximum absolute atomic E-state index is 8.79. The summed E-state index contributed by atoms with van der Waals surface area (Å²) < 4.78 is 0. The molecule has 0 aliphatic carbocycles. The fourth-order valence-electron chi connectivity index (χ4n) is 2.62. The Kier molecular flexibility index (Phi) is 4.52. The van der Waals surface area contributed by atoms with Crippen molar-refractivity contribution < 1.29 is 0 Å². The van der Waals surface area contributed by atoms with Crippen molar-refractivity contribution in [2.75, 3.05) is 25.4 Å². The zero-order valence-corrected chi connectivity index (χ0v) is 13.1. The Hall–Kier alpha value is -2.16. The summed E-state index contributed by atoms with van der Waals surface area (Å²) in [6, 6.07) is 9.77. The number of fused-ring (bicyclic) bond motifs is 1. The van der Waals surface area contributed by atoms with Crippen LogP contribution in [0.4, 0.5) is 5.13 Å². The summed E-state index contributed by atoms with van der Waals surface area (Å²) in [6.45, 7) is 3.00. The molecule has 0 amide bonds. The van der Waals surface area contributed by atoms with E-state index in [1.54, 1.807) is 11.3 Å². The average molecular weight is 310 g/mol. The lowest BCUT2D eigenvalue weighted by molar-refractivity contribution is 0.318. The van der Waals surface area contributed by atoms with Crippen LogP contribution in [0.2, 0.25) is 0 Å². The largest absolute Gasteiger partial charge is 0.375 e. The Morgan fingerprint density at radius 3 is 2.82 bits per heavy atom. The molecule has 0 saturated heterocycles. The Bertz CT molecular complexity index is 684. The highest BCUT2D eigenvalue weighted by Gasteiger charge is 2.16. The number of hydrogen-bond donors (Lipinski definition) is 1. The number of anilines is 1. The summed E-state index contributed by atoms with van der Waals surface area (Å²) >= 11 is 1.63. The van der Waals surface area contributed by atoms with E-state index in [1.807, 2.05) is 24.3 Å². The van der Waals surface area contributed by atoms with Crippen molar-refractivity contribution in [1.82, 2.24) is 9.88 Å². The van der Waals surface area contributed by atoms with Gasteiger partial charge in [0.05, 0.1) is 17.3 Å². The second kappa shape index (κ2) is 6.73. The number of hydrogen-bond acceptors (Lipinski definition) is 5. The first-order valence-corrected chi connectivity index (χ1v) is 8.19. The zero-order valence-electron chi connectivity index (χ0n) is 12.3. The third-order valence-electron chi connectivity index (χ3n) is 3.83. The third kappa shape index (κ3) is 3.53. The molecule has 1 aromatic heterocycles. The molecule has 22 heavy (non-hydrogen) atoms. The molecule has 0 bridgehead atoms. The van der Waals surface area contributed by atoms with E-state index in [-0.39, 0.29) is 0 Å². The minimum absolute atomic E-state index is 0.694. The van der Waals surface area contributed by atoms with Gasteiger partial charge in [-0.2, -0.15) is 5.26 Å². The molecule has 1 aliphatic rings. The standard InChI is InChI=1S/C17H18N4S/c18-12-14-5-3-13(4-6-14)2-1-9-21-10-7-15-16(8-11-21)22-17(19)20-15/h1-6H,7-11H2,(H2,19,20). The number of aromatic nitrogens is 1. The summed E-state index contributed by atoms with van der Waals surface area (Å²) in [5.41, 5.74) is 8.78. The second-order valence-electron chi connectivity index (χ2n) is 5.36. The number of nitrogen functional groups attached to an aromatic ring is 1. The van der Waals surface area contributed by atoms with Gasteiger partial charge >= 0.3 is 0 Å². The van der Waals surface area contributed by atoms with Crippen LogP contribution in [0.3, 0.4) is 0 Å². The smallest absolute Gasteiger partial charge is 0.180 e. The van der Waals surface area contributed by atoms with Crippen LogP contribution in [0.25, 0.3) is 6.08 Å². The highest BCUT2D eigenvalue weighted by molar-refractivity contribution is 7.15. The number of rotatable bonds is 3. The van der Waals surface area contributed by atoms with Gasteiger partial charge in [-0.3, -0.25) is 4.90 Å². The van der Waals surface area contributed by atoms with Crippen LogP contribution in [-0.4, -0.2) is 29.5 Å². The van der Waals surface area contributed by atoms with Crippen LogP contribution in [-0.2, 0) is 12.8 Å². The molecular weight excluding hydrogens is 292 g/mol. The lowest BCUT2D eigenvalue weighted by atomic mass is 10.1. The van der Waals surface area contributed by atoms with Gasteiger partial charge in [0.25, 0.3) is 0 Å². The Morgan fingerprint density at radius 1 is 1.27 bits per heavy atom. The SMILES string of the molecule is N#Cc1ccc(C=CCN2CCc3nc(N)sc3CC2)cc1. The third-order valence-corrected chi connectivity index (χ3v) is 4.81. The molecule has 112 valence electrons. The predicted octanol–water partition coefficient (Wildman–Crippen LogP) is 2.71. The van der Waals surface area contributed by atoms with Crippen molar-refractivity contribution in [3.63, 3.8) is 0 Å². The quantitative estimate of drug-likeness (QED) is 0.946. The molecule has 1 aromatic carbocycles. The summed E-state index contributed by atoms with van der Waals surface area (Å²) in [5, 5.41) is 9.48. The Labute approximate surface area is 134 Å². The van der Waals surface area contributed by atoms with Gasteiger partial charge in [0.1, 0.15) is 0 Å². The monoisotopic (exact) mass is 310 g/mol. The molecule has 0 saturated carbocycles. The lowest BCUT2D eigenvalue weighted by Gasteiger charge is -2.17. The minimum Gasteiger partial charge on any atom is -0.375 e. The van der Waals surface area contributed by atoms with Crippen molar-refractivity contribution in [2.24, 2.45) is 0 Å². The maximum atomic E-state index is 8.79. The second-order valence-corrected chi connectivity index (χ2v) is 6.47. The molecule has 0 atom stereocenters. The highest BCUT2D eigenvalue weighted by atomic mass is 32.1. The van der Waals surface area contributed by atoms with Crippen LogP contribution in [0.1, 0.15) is 21.7 Å². The van der Waals surface area contributed by atoms with Gasteiger partial charge in [-0.15, -0.1) is 11.3 Å². The van der Waals surface area contributed by atoms with Crippen molar-refractivity contribution in [1.29, 1.82) is 5.26 Å². The van der Waals surface area contributed by atoms with Gasteiger partial charge in [0.15, 0.2) is 5.13 Å². The normalized spacial score (nSPS) is 15.4. The Balaban J connectivity index is 1.54. The predicted molar refractivity (Wildman–Crippen MR) is 90.6 cm³/mol. The summed E-state index contributed by atoms with van der Waals surface area (Å²) in [5.74, 6) is 0. The topological polar surface area (TPSA) is 65.9 Å². The van der Waals surface area contributed by atoms with E-state index in [1.165, 1.54) is 10.6 Å². The molecule has 2 N–H and O–H groups in total. The van der Waals surface area contributed by atoms with Crippen LogP contribution < -0.4 is 5.73 Å².